The lowest BCUT2D eigenvalue weighted by Gasteiger charge is -2.32. The van der Waals surface area contributed by atoms with Gasteiger partial charge in [0.2, 0.25) is 5.91 Å². The predicted molar refractivity (Wildman–Crippen MR) is 128 cm³/mol. The fourth-order valence-corrected chi connectivity index (χ4v) is 4.56. The van der Waals surface area contributed by atoms with Crippen LogP contribution in [0.1, 0.15) is 30.5 Å². The highest BCUT2D eigenvalue weighted by atomic mass is 16.2. The van der Waals surface area contributed by atoms with Crippen molar-refractivity contribution in [2.45, 2.75) is 39.2 Å². The fourth-order valence-electron chi connectivity index (χ4n) is 4.56. The van der Waals surface area contributed by atoms with E-state index in [0.717, 1.165) is 43.0 Å². The summed E-state index contributed by atoms with van der Waals surface area (Å²) in [5.41, 5.74) is 3.30. The van der Waals surface area contributed by atoms with E-state index in [-0.39, 0.29) is 17.9 Å². The number of carbonyl (C=O) groups excluding carboxylic acids is 1. The molecule has 1 aliphatic heterocycles. The lowest BCUT2D eigenvalue weighted by Crippen LogP contribution is -2.40. The summed E-state index contributed by atoms with van der Waals surface area (Å²) < 4.78 is 1.66. The van der Waals surface area contributed by atoms with Crippen molar-refractivity contribution in [2.75, 3.05) is 26.2 Å². The van der Waals surface area contributed by atoms with Crippen LogP contribution < -0.4 is 10.9 Å². The fraction of sp³-hybridized carbons (Fsp3) is 0.423. The zero-order valence-corrected chi connectivity index (χ0v) is 18.8. The number of likely N-dealkylation sites (tertiary alicyclic amines) is 1. The molecular weight excluding hydrogens is 400 g/mol. The predicted octanol–water partition coefficient (Wildman–Crippen LogP) is 3.17. The molecule has 2 heterocycles. The van der Waals surface area contributed by atoms with Crippen molar-refractivity contribution in [3.8, 4) is 0 Å². The quantitative estimate of drug-likeness (QED) is 0.594. The molecule has 3 aromatic rings. The van der Waals surface area contributed by atoms with Crippen molar-refractivity contribution in [3.05, 3.63) is 76.2 Å². The van der Waals surface area contributed by atoms with Gasteiger partial charge in [-0.15, -0.1) is 0 Å². The average molecular weight is 433 g/mol. The first-order valence-corrected chi connectivity index (χ1v) is 11.6. The number of aryl methyl sites for hydroxylation is 2. The Kier molecular flexibility index (Phi) is 7.32. The topological polar surface area (TPSA) is 67.2 Å². The number of rotatable bonds is 8. The van der Waals surface area contributed by atoms with Gasteiger partial charge in [-0.05, 0) is 62.9 Å². The normalized spacial score (nSPS) is 15.2. The highest BCUT2D eigenvalue weighted by Crippen LogP contribution is 2.21. The number of nitrogens with zero attached hydrogens (tertiary/aromatic N) is 3. The van der Waals surface area contributed by atoms with Gasteiger partial charge in [-0.25, -0.2) is 4.98 Å². The lowest BCUT2D eigenvalue weighted by atomic mass is 9.90. The van der Waals surface area contributed by atoms with Gasteiger partial charge in [0, 0.05) is 26.1 Å². The molecule has 1 amide bonds. The maximum Gasteiger partial charge on any atom is 0.272 e. The summed E-state index contributed by atoms with van der Waals surface area (Å²) in [6.07, 6.45) is 3.86. The van der Waals surface area contributed by atoms with Gasteiger partial charge < -0.3 is 14.8 Å². The third-order valence-electron chi connectivity index (χ3n) is 6.40. The van der Waals surface area contributed by atoms with Crippen LogP contribution >= 0.6 is 0 Å². The molecule has 1 aliphatic rings. The zero-order valence-electron chi connectivity index (χ0n) is 18.8. The molecule has 32 heavy (non-hydrogen) atoms. The van der Waals surface area contributed by atoms with Crippen LogP contribution in [0, 0.1) is 12.8 Å². The summed E-state index contributed by atoms with van der Waals surface area (Å²) in [5, 5.41) is 3.02. The zero-order chi connectivity index (χ0) is 22.3. The van der Waals surface area contributed by atoms with Crippen LogP contribution in [-0.2, 0) is 17.8 Å². The highest BCUT2D eigenvalue weighted by Gasteiger charge is 2.19. The summed E-state index contributed by atoms with van der Waals surface area (Å²) in [7, 11) is 0. The van der Waals surface area contributed by atoms with E-state index in [2.05, 4.69) is 45.5 Å². The van der Waals surface area contributed by atoms with Gasteiger partial charge in [0.15, 0.2) is 0 Å². The van der Waals surface area contributed by atoms with E-state index in [4.69, 9.17) is 0 Å². The van der Waals surface area contributed by atoms with Crippen LogP contribution in [0.4, 0.5) is 0 Å². The van der Waals surface area contributed by atoms with E-state index in [9.17, 15) is 9.59 Å². The number of benzene rings is 2. The van der Waals surface area contributed by atoms with Crippen molar-refractivity contribution < 1.29 is 4.79 Å². The second-order valence-corrected chi connectivity index (χ2v) is 8.72. The number of fused-ring (bicyclic) bond motifs is 1. The van der Waals surface area contributed by atoms with Crippen LogP contribution in [0.15, 0.2) is 59.4 Å². The number of amides is 1. The molecule has 0 spiro atoms. The Morgan fingerprint density at radius 2 is 1.75 bits per heavy atom. The van der Waals surface area contributed by atoms with Gasteiger partial charge in [0.25, 0.3) is 5.56 Å². The van der Waals surface area contributed by atoms with E-state index >= 15 is 0 Å². The Labute approximate surface area is 189 Å². The molecule has 168 valence electrons. The second-order valence-electron chi connectivity index (χ2n) is 8.72. The van der Waals surface area contributed by atoms with E-state index in [0.29, 0.717) is 18.8 Å². The van der Waals surface area contributed by atoms with Crippen molar-refractivity contribution >= 4 is 16.9 Å². The number of para-hydroxylation sites is 2. The summed E-state index contributed by atoms with van der Waals surface area (Å²) in [4.78, 5) is 31.7. The Morgan fingerprint density at radius 1 is 1.03 bits per heavy atom. The van der Waals surface area contributed by atoms with Gasteiger partial charge >= 0.3 is 0 Å². The number of carbonyl (C=O) groups is 1. The highest BCUT2D eigenvalue weighted by molar-refractivity contribution is 5.77. The summed E-state index contributed by atoms with van der Waals surface area (Å²) in [5.74, 6) is 0.731. The first-order valence-electron chi connectivity index (χ1n) is 11.6. The van der Waals surface area contributed by atoms with E-state index < -0.39 is 0 Å². The third-order valence-corrected chi connectivity index (χ3v) is 6.40. The van der Waals surface area contributed by atoms with Crippen LogP contribution in [0.5, 0.6) is 0 Å². The molecule has 0 bridgehead atoms. The molecule has 0 unspecified atom stereocenters. The largest absolute Gasteiger partial charge is 0.355 e. The minimum absolute atomic E-state index is 0.0191. The molecule has 6 heteroatoms. The first-order chi connectivity index (χ1) is 15.6. The maximum atomic E-state index is 12.5. The third kappa shape index (κ3) is 5.62. The molecule has 4 rings (SSSR count). The number of nitrogens with one attached hydrogen (secondary N) is 1. The standard InChI is InChI=1S/C26H32N4O2/c1-20-26(32)30(24-10-6-5-9-23(24)28-20)17-13-25(31)27-14-18-29-15-11-22(12-16-29)19-21-7-3-2-4-8-21/h2-10,22H,11-19H2,1H3,(H,27,31). The minimum atomic E-state index is -0.130. The molecule has 2 aromatic carbocycles. The second kappa shape index (κ2) is 10.6. The van der Waals surface area contributed by atoms with Crippen molar-refractivity contribution in [3.63, 3.8) is 0 Å². The molecule has 1 aromatic heterocycles. The molecule has 6 nitrogen and oxygen atoms in total. The van der Waals surface area contributed by atoms with Crippen molar-refractivity contribution in [1.29, 1.82) is 0 Å². The van der Waals surface area contributed by atoms with Gasteiger partial charge in [-0.3, -0.25) is 9.59 Å². The molecule has 0 atom stereocenters. The summed E-state index contributed by atoms with van der Waals surface area (Å²) in [6.45, 7) is 5.78. The smallest absolute Gasteiger partial charge is 0.272 e. The Balaban J connectivity index is 1.19. The molecule has 0 radical (unpaired) electrons. The van der Waals surface area contributed by atoms with Gasteiger partial charge in [0.1, 0.15) is 5.69 Å². The van der Waals surface area contributed by atoms with Crippen LogP contribution in [0.3, 0.4) is 0 Å². The Hall–Kier alpha value is -2.99. The Morgan fingerprint density at radius 3 is 2.53 bits per heavy atom. The average Bonchev–Trinajstić information content (AvgIpc) is 2.81. The Bertz CT molecular complexity index is 1100. The van der Waals surface area contributed by atoms with Crippen molar-refractivity contribution in [2.24, 2.45) is 5.92 Å². The number of hydrogen-bond acceptors (Lipinski definition) is 4. The number of piperidine rings is 1. The maximum absolute atomic E-state index is 12.5. The number of hydrogen-bond donors (Lipinski definition) is 1. The molecule has 0 saturated carbocycles. The van der Waals surface area contributed by atoms with Crippen LogP contribution in [-0.4, -0.2) is 46.5 Å². The molecule has 1 N–H and O–H groups in total. The molecule has 1 saturated heterocycles. The van der Waals surface area contributed by atoms with E-state index in [1.54, 1.807) is 11.5 Å². The van der Waals surface area contributed by atoms with Gasteiger partial charge in [0.05, 0.1) is 11.0 Å². The van der Waals surface area contributed by atoms with Gasteiger partial charge in [-0.1, -0.05) is 42.5 Å². The minimum Gasteiger partial charge on any atom is -0.355 e. The number of aromatic nitrogens is 2. The van der Waals surface area contributed by atoms with E-state index in [1.165, 1.54) is 18.4 Å². The first kappa shape index (κ1) is 22.2. The van der Waals surface area contributed by atoms with Crippen LogP contribution in [0.25, 0.3) is 11.0 Å². The van der Waals surface area contributed by atoms with Crippen LogP contribution in [0.2, 0.25) is 0 Å². The monoisotopic (exact) mass is 432 g/mol. The molecule has 0 aliphatic carbocycles. The molecule has 1 fully saturated rings. The molecular formula is C26H32N4O2. The summed E-state index contributed by atoms with van der Waals surface area (Å²) in [6, 6.07) is 18.3. The lowest BCUT2D eigenvalue weighted by molar-refractivity contribution is -0.121. The van der Waals surface area contributed by atoms with E-state index in [1.807, 2.05) is 24.3 Å². The SMILES string of the molecule is Cc1nc2ccccc2n(CCC(=O)NCCN2CCC(Cc3ccccc3)CC2)c1=O. The van der Waals surface area contributed by atoms with Gasteiger partial charge in [-0.2, -0.15) is 0 Å². The summed E-state index contributed by atoms with van der Waals surface area (Å²) >= 11 is 0. The van der Waals surface area contributed by atoms with Crippen molar-refractivity contribution in [1.82, 2.24) is 19.8 Å².